The number of rotatable bonds is 8. The molecular formula is C29H23BrN4O4. The van der Waals surface area contributed by atoms with Crippen molar-refractivity contribution in [2.24, 2.45) is 5.10 Å². The van der Waals surface area contributed by atoms with Crippen LogP contribution in [0.5, 0.6) is 5.75 Å². The number of amides is 3. The van der Waals surface area contributed by atoms with Crippen molar-refractivity contribution in [3.8, 4) is 5.75 Å². The number of anilines is 2. The molecule has 4 rings (SSSR count). The van der Waals surface area contributed by atoms with Crippen LogP contribution in [0.15, 0.2) is 113 Å². The molecule has 9 heteroatoms. The van der Waals surface area contributed by atoms with Gasteiger partial charge in [-0.3, -0.25) is 14.4 Å². The Bertz CT molecular complexity index is 1440. The van der Waals surface area contributed by atoms with E-state index >= 15 is 0 Å². The number of halogens is 1. The van der Waals surface area contributed by atoms with Gasteiger partial charge in [0.1, 0.15) is 12.4 Å². The normalized spacial score (nSPS) is 10.6. The van der Waals surface area contributed by atoms with Gasteiger partial charge in [-0.15, -0.1) is 0 Å². The van der Waals surface area contributed by atoms with Gasteiger partial charge in [0.2, 0.25) is 0 Å². The first-order chi connectivity index (χ1) is 18.5. The molecule has 0 aliphatic carbocycles. The molecule has 190 valence electrons. The van der Waals surface area contributed by atoms with Crippen molar-refractivity contribution in [2.75, 3.05) is 10.6 Å². The van der Waals surface area contributed by atoms with Crippen molar-refractivity contribution < 1.29 is 19.1 Å². The molecule has 0 spiro atoms. The second-order valence-electron chi connectivity index (χ2n) is 8.00. The van der Waals surface area contributed by atoms with Gasteiger partial charge in [-0.1, -0.05) is 58.4 Å². The summed E-state index contributed by atoms with van der Waals surface area (Å²) in [4.78, 5) is 37.4. The third-order valence-electron chi connectivity index (χ3n) is 5.24. The molecule has 0 radical (unpaired) electrons. The molecule has 8 nitrogen and oxygen atoms in total. The molecule has 38 heavy (non-hydrogen) atoms. The highest BCUT2D eigenvalue weighted by molar-refractivity contribution is 9.10. The zero-order chi connectivity index (χ0) is 26.7. The second kappa shape index (κ2) is 13.0. The van der Waals surface area contributed by atoms with Gasteiger partial charge in [0.05, 0.1) is 17.5 Å². The number of carbonyl (C=O) groups is 3. The van der Waals surface area contributed by atoms with E-state index in [2.05, 4.69) is 37.1 Å². The second-order valence-corrected chi connectivity index (χ2v) is 8.92. The monoisotopic (exact) mass is 570 g/mol. The minimum absolute atomic E-state index is 0.192. The summed E-state index contributed by atoms with van der Waals surface area (Å²) < 4.78 is 6.62. The summed E-state index contributed by atoms with van der Waals surface area (Å²) in [6, 6.07) is 30.4. The number of nitrogens with one attached hydrogen (secondary N) is 3. The lowest BCUT2D eigenvalue weighted by molar-refractivity contribution is -0.136. The molecule has 0 aliphatic heterocycles. The third-order valence-corrected chi connectivity index (χ3v) is 5.77. The van der Waals surface area contributed by atoms with Crippen molar-refractivity contribution in [3.05, 3.63) is 124 Å². The van der Waals surface area contributed by atoms with E-state index in [0.717, 1.165) is 10.0 Å². The van der Waals surface area contributed by atoms with Crippen molar-refractivity contribution >= 4 is 51.2 Å². The van der Waals surface area contributed by atoms with Crippen molar-refractivity contribution in [1.82, 2.24) is 5.43 Å². The average molecular weight is 571 g/mol. The average Bonchev–Trinajstić information content (AvgIpc) is 2.94. The van der Waals surface area contributed by atoms with Gasteiger partial charge in [0.25, 0.3) is 5.91 Å². The molecule has 0 aliphatic rings. The molecule has 0 heterocycles. The zero-order valence-corrected chi connectivity index (χ0v) is 21.6. The van der Waals surface area contributed by atoms with Crippen LogP contribution in [0.25, 0.3) is 0 Å². The summed E-state index contributed by atoms with van der Waals surface area (Å²) in [5, 5.41) is 9.06. The Morgan fingerprint density at radius 1 is 0.763 bits per heavy atom. The van der Waals surface area contributed by atoms with Gasteiger partial charge in [-0.05, 0) is 71.8 Å². The van der Waals surface area contributed by atoms with Crippen LogP contribution in [0.2, 0.25) is 0 Å². The predicted octanol–water partition coefficient (Wildman–Crippen LogP) is 5.37. The van der Waals surface area contributed by atoms with E-state index in [1.54, 1.807) is 66.7 Å². The number of hydrogen-bond acceptors (Lipinski definition) is 5. The van der Waals surface area contributed by atoms with Crippen LogP contribution >= 0.6 is 15.9 Å². The lowest BCUT2D eigenvalue weighted by atomic mass is 10.1. The van der Waals surface area contributed by atoms with Gasteiger partial charge < -0.3 is 15.4 Å². The molecule has 3 amide bonds. The van der Waals surface area contributed by atoms with Crippen LogP contribution in [0.4, 0.5) is 11.4 Å². The van der Waals surface area contributed by atoms with Gasteiger partial charge in [-0.25, -0.2) is 5.43 Å². The Balaban J connectivity index is 1.29. The highest BCUT2D eigenvalue weighted by atomic mass is 79.9. The summed E-state index contributed by atoms with van der Waals surface area (Å²) in [5.74, 6) is -1.68. The number of para-hydroxylation sites is 1. The number of ether oxygens (including phenoxy) is 1. The summed E-state index contributed by atoms with van der Waals surface area (Å²) in [6.45, 7) is 0.453. The first-order valence-corrected chi connectivity index (χ1v) is 12.3. The van der Waals surface area contributed by atoms with Crippen LogP contribution in [0.1, 0.15) is 21.5 Å². The van der Waals surface area contributed by atoms with Gasteiger partial charge in [0.15, 0.2) is 0 Å². The first kappa shape index (κ1) is 26.3. The Labute approximate surface area is 227 Å². The minimum Gasteiger partial charge on any atom is -0.489 e. The molecule has 4 aromatic carbocycles. The summed E-state index contributed by atoms with van der Waals surface area (Å²) in [5.41, 5.74) is 4.93. The fourth-order valence-corrected chi connectivity index (χ4v) is 3.57. The lowest BCUT2D eigenvalue weighted by Gasteiger charge is -2.11. The van der Waals surface area contributed by atoms with E-state index < -0.39 is 17.7 Å². The zero-order valence-electron chi connectivity index (χ0n) is 20.1. The first-order valence-electron chi connectivity index (χ1n) is 11.5. The van der Waals surface area contributed by atoms with E-state index in [1.165, 1.54) is 12.3 Å². The van der Waals surface area contributed by atoms with E-state index in [9.17, 15) is 14.4 Å². The summed E-state index contributed by atoms with van der Waals surface area (Å²) in [6.07, 6.45) is 1.41. The van der Waals surface area contributed by atoms with Crippen LogP contribution in [-0.2, 0) is 16.2 Å². The van der Waals surface area contributed by atoms with Crippen LogP contribution < -0.4 is 20.8 Å². The maximum absolute atomic E-state index is 12.7. The van der Waals surface area contributed by atoms with E-state index in [0.29, 0.717) is 23.6 Å². The van der Waals surface area contributed by atoms with Crippen LogP contribution in [-0.4, -0.2) is 23.9 Å². The maximum Gasteiger partial charge on any atom is 0.329 e. The Morgan fingerprint density at radius 2 is 1.45 bits per heavy atom. The SMILES string of the molecule is O=C(N/N=C/c1ccc(OCc2ccccc2)cc1)C(=O)Nc1ccccc1C(=O)Nc1ccc(Br)cc1. The van der Waals surface area contributed by atoms with Crippen molar-refractivity contribution in [1.29, 1.82) is 0 Å². The molecule has 0 saturated carbocycles. The Hall–Kier alpha value is -4.76. The van der Waals surface area contributed by atoms with Gasteiger partial charge in [-0.2, -0.15) is 5.10 Å². The number of benzene rings is 4. The van der Waals surface area contributed by atoms with E-state index in [4.69, 9.17) is 4.74 Å². The Morgan fingerprint density at radius 3 is 2.18 bits per heavy atom. The minimum atomic E-state index is -0.979. The summed E-state index contributed by atoms with van der Waals surface area (Å²) >= 11 is 3.34. The molecule has 0 bridgehead atoms. The predicted molar refractivity (Wildman–Crippen MR) is 150 cm³/mol. The smallest absolute Gasteiger partial charge is 0.329 e. The maximum atomic E-state index is 12.7. The van der Waals surface area contributed by atoms with Crippen molar-refractivity contribution in [3.63, 3.8) is 0 Å². The molecule has 4 aromatic rings. The lowest BCUT2D eigenvalue weighted by Crippen LogP contribution is -2.33. The number of nitrogens with zero attached hydrogens (tertiary/aromatic N) is 1. The van der Waals surface area contributed by atoms with Crippen LogP contribution in [0, 0.1) is 0 Å². The van der Waals surface area contributed by atoms with E-state index in [-0.39, 0.29) is 11.3 Å². The topological polar surface area (TPSA) is 109 Å². The standard InChI is InChI=1S/C29H23BrN4O4/c30-22-12-14-23(15-13-22)32-27(35)25-8-4-5-9-26(25)33-28(36)29(37)34-31-18-20-10-16-24(17-11-20)38-19-21-6-2-1-3-7-21/h1-18H,19H2,(H,32,35)(H,33,36)(H,34,37)/b31-18+. The number of hydrogen-bond donors (Lipinski definition) is 3. The summed E-state index contributed by atoms with van der Waals surface area (Å²) in [7, 11) is 0. The molecule has 0 aromatic heterocycles. The Kier molecular flexibility index (Phi) is 8.98. The molecule has 0 fully saturated rings. The number of carbonyl (C=O) groups excluding carboxylic acids is 3. The van der Waals surface area contributed by atoms with Gasteiger partial charge in [0, 0.05) is 10.2 Å². The van der Waals surface area contributed by atoms with Gasteiger partial charge >= 0.3 is 11.8 Å². The molecule has 0 unspecified atom stereocenters. The quantitative estimate of drug-likeness (QED) is 0.150. The molecule has 3 N–H and O–H groups in total. The van der Waals surface area contributed by atoms with E-state index in [1.807, 2.05) is 30.3 Å². The number of hydrazone groups is 1. The fourth-order valence-electron chi connectivity index (χ4n) is 3.31. The van der Waals surface area contributed by atoms with Crippen molar-refractivity contribution in [2.45, 2.75) is 6.61 Å². The van der Waals surface area contributed by atoms with Crippen LogP contribution in [0.3, 0.4) is 0 Å². The molecule has 0 saturated heterocycles. The fraction of sp³-hybridized carbons (Fsp3) is 0.0345. The molecular weight excluding hydrogens is 548 g/mol. The third kappa shape index (κ3) is 7.62. The highest BCUT2D eigenvalue weighted by Gasteiger charge is 2.17. The highest BCUT2D eigenvalue weighted by Crippen LogP contribution is 2.19. The largest absolute Gasteiger partial charge is 0.489 e. The molecule has 0 atom stereocenters.